The third kappa shape index (κ3) is 5.09. The summed E-state index contributed by atoms with van der Waals surface area (Å²) in [5.41, 5.74) is 17.9. The fourth-order valence-electron chi connectivity index (χ4n) is 10.6. The average Bonchev–Trinajstić information content (AvgIpc) is 4.09. The van der Waals surface area contributed by atoms with Gasteiger partial charge in [0, 0.05) is 38.1 Å². The van der Waals surface area contributed by atoms with Crippen molar-refractivity contribution in [3.05, 3.63) is 233 Å². The van der Waals surface area contributed by atoms with Gasteiger partial charge in [-0.3, -0.25) is 0 Å². The molecule has 11 aromatic rings. The molecule has 5 heteroatoms. The van der Waals surface area contributed by atoms with Crippen molar-refractivity contribution in [1.29, 1.82) is 0 Å². The molecule has 2 aliphatic carbocycles. The van der Waals surface area contributed by atoms with Crippen LogP contribution in [0.1, 0.15) is 35.0 Å². The maximum Gasteiger partial charge on any atom is 0.164 e. The van der Waals surface area contributed by atoms with Crippen LogP contribution >= 0.6 is 0 Å². The quantitative estimate of drug-likeness (QED) is 0.173. The van der Waals surface area contributed by atoms with Crippen molar-refractivity contribution < 1.29 is 8.83 Å². The second-order valence-electron chi connectivity index (χ2n) is 16.6. The van der Waals surface area contributed by atoms with E-state index in [-0.39, 0.29) is 5.41 Å². The predicted molar refractivity (Wildman–Crippen MR) is 258 cm³/mol. The summed E-state index contributed by atoms with van der Waals surface area (Å²) in [4.78, 5) is 15.4. The number of rotatable bonds is 5. The van der Waals surface area contributed by atoms with E-state index in [1.807, 2.05) is 79.7 Å². The maximum absolute atomic E-state index is 6.60. The molecule has 0 atom stereocenters. The third-order valence-electron chi connectivity index (χ3n) is 13.3. The molecule has 0 bridgehead atoms. The Kier molecular flexibility index (Phi) is 7.82. The zero-order valence-corrected chi connectivity index (χ0v) is 34.8. The van der Waals surface area contributed by atoms with Crippen molar-refractivity contribution in [3.8, 4) is 56.2 Å². The molecule has 3 aromatic heterocycles. The average molecular weight is 820 g/mol. The van der Waals surface area contributed by atoms with Gasteiger partial charge >= 0.3 is 0 Å². The number of aromatic nitrogens is 3. The van der Waals surface area contributed by atoms with Gasteiger partial charge in [-0.05, 0) is 111 Å². The number of fused-ring (bicyclic) bond motifs is 14. The summed E-state index contributed by atoms with van der Waals surface area (Å²) in [5.74, 6) is 1.62. The second kappa shape index (κ2) is 13.8. The van der Waals surface area contributed by atoms with Crippen LogP contribution < -0.4 is 10.6 Å². The van der Waals surface area contributed by atoms with Crippen molar-refractivity contribution in [2.75, 3.05) is 0 Å². The third-order valence-corrected chi connectivity index (χ3v) is 13.3. The Hall–Kier alpha value is -8.41. The summed E-state index contributed by atoms with van der Waals surface area (Å²) in [5, 5.41) is 3.88. The molecule has 5 nitrogen and oxygen atoms in total. The molecular weight excluding hydrogens is 783 g/mol. The van der Waals surface area contributed by atoms with Crippen LogP contribution in [-0.2, 0) is 5.41 Å². The predicted octanol–water partition coefficient (Wildman–Crippen LogP) is 13.0. The van der Waals surface area contributed by atoms with Crippen LogP contribution in [0.2, 0.25) is 0 Å². The summed E-state index contributed by atoms with van der Waals surface area (Å²) in [7, 11) is 0. The largest absolute Gasteiger partial charge is 0.456 e. The molecule has 0 fully saturated rings. The van der Waals surface area contributed by atoms with Gasteiger partial charge in [-0.2, -0.15) is 0 Å². The molecule has 3 heterocycles. The molecule has 0 N–H and O–H groups in total. The van der Waals surface area contributed by atoms with Gasteiger partial charge in [0.05, 0.1) is 5.41 Å². The summed E-state index contributed by atoms with van der Waals surface area (Å²) < 4.78 is 12.8. The first kappa shape index (κ1) is 36.3. The van der Waals surface area contributed by atoms with Crippen molar-refractivity contribution in [1.82, 2.24) is 15.0 Å². The molecule has 0 saturated heterocycles. The van der Waals surface area contributed by atoms with E-state index < -0.39 is 0 Å². The monoisotopic (exact) mass is 819 g/mol. The molecule has 8 aromatic carbocycles. The lowest BCUT2D eigenvalue weighted by Crippen LogP contribution is -2.25. The van der Waals surface area contributed by atoms with Gasteiger partial charge in [-0.1, -0.05) is 152 Å². The summed E-state index contributed by atoms with van der Waals surface area (Å²) in [6, 6.07) is 64.5. The Labute approximate surface area is 368 Å². The van der Waals surface area contributed by atoms with E-state index >= 15 is 0 Å². The van der Waals surface area contributed by atoms with E-state index in [0.29, 0.717) is 17.5 Å². The highest BCUT2D eigenvalue weighted by atomic mass is 16.3. The number of para-hydroxylation sites is 1. The summed E-state index contributed by atoms with van der Waals surface area (Å²) >= 11 is 0. The van der Waals surface area contributed by atoms with E-state index in [2.05, 4.69) is 128 Å². The molecule has 0 aliphatic heterocycles. The van der Waals surface area contributed by atoms with Gasteiger partial charge in [0.1, 0.15) is 22.2 Å². The Morgan fingerprint density at radius 3 is 1.69 bits per heavy atom. The molecule has 0 radical (unpaired) electrons. The van der Waals surface area contributed by atoms with Gasteiger partial charge in [0.15, 0.2) is 17.5 Å². The van der Waals surface area contributed by atoms with E-state index in [4.69, 9.17) is 23.8 Å². The number of hydrogen-bond acceptors (Lipinski definition) is 5. The highest BCUT2D eigenvalue weighted by Crippen LogP contribution is 2.63. The van der Waals surface area contributed by atoms with Crippen LogP contribution in [0, 0.1) is 0 Å². The van der Waals surface area contributed by atoms with Crippen LogP contribution in [0.15, 0.2) is 203 Å². The molecule has 300 valence electrons. The second-order valence-corrected chi connectivity index (χ2v) is 16.6. The number of furan rings is 2. The van der Waals surface area contributed by atoms with Crippen LogP contribution in [0.4, 0.5) is 0 Å². The Balaban J connectivity index is 1.01. The fourth-order valence-corrected chi connectivity index (χ4v) is 10.6. The summed E-state index contributed by atoms with van der Waals surface area (Å²) in [6.45, 7) is 6.35. The van der Waals surface area contributed by atoms with Crippen LogP contribution in [0.3, 0.4) is 0 Å². The number of allylic oxidation sites excluding steroid dienone is 1. The van der Waals surface area contributed by atoms with Gasteiger partial charge < -0.3 is 8.83 Å². The van der Waals surface area contributed by atoms with Gasteiger partial charge in [-0.15, -0.1) is 0 Å². The van der Waals surface area contributed by atoms with Crippen molar-refractivity contribution in [2.45, 2.75) is 12.3 Å². The fraction of sp³-hybridized carbons (Fsp3) is 0.0339. The molecule has 0 unspecified atom stereocenters. The first-order valence-corrected chi connectivity index (χ1v) is 21.7. The molecule has 1 spiro atoms. The van der Waals surface area contributed by atoms with Crippen molar-refractivity contribution in [3.63, 3.8) is 0 Å². The lowest BCUT2D eigenvalue weighted by molar-refractivity contribution is 0.574. The first-order chi connectivity index (χ1) is 31.6. The van der Waals surface area contributed by atoms with E-state index in [9.17, 15) is 0 Å². The minimum absolute atomic E-state index is 0.390. The molecule has 2 aliphatic rings. The zero-order chi connectivity index (χ0) is 42.5. The van der Waals surface area contributed by atoms with Crippen molar-refractivity contribution >= 4 is 44.6 Å². The SMILES string of the molecule is C=C/C(c1nc(-c2ccccc2)nc(-c2ccc3oc4ccccc4c3c2)n1)=c1\c(=C/C)oc2ccc(-c3ccc4c(c3)-c3ccccc3C43c4ccccc4-c4ccccc43)cc12. The zero-order valence-electron chi connectivity index (χ0n) is 34.8. The number of hydrogen-bond donors (Lipinski definition) is 0. The molecule has 0 amide bonds. The smallest absolute Gasteiger partial charge is 0.164 e. The Bertz CT molecular complexity index is 3850. The Morgan fingerprint density at radius 1 is 0.453 bits per heavy atom. The Morgan fingerprint density at radius 2 is 0.984 bits per heavy atom. The molecular formula is C59H37N3O2. The van der Waals surface area contributed by atoms with Gasteiger partial charge in [-0.25, -0.2) is 15.0 Å². The lowest BCUT2D eigenvalue weighted by atomic mass is 9.70. The lowest BCUT2D eigenvalue weighted by Gasteiger charge is -2.30. The minimum Gasteiger partial charge on any atom is -0.456 e. The van der Waals surface area contributed by atoms with E-state index in [0.717, 1.165) is 71.4 Å². The van der Waals surface area contributed by atoms with Crippen molar-refractivity contribution in [2.24, 2.45) is 0 Å². The molecule has 64 heavy (non-hydrogen) atoms. The number of nitrogens with zero attached hydrogens (tertiary/aromatic N) is 3. The van der Waals surface area contributed by atoms with E-state index in [1.54, 1.807) is 0 Å². The highest BCUT2D eigenvalue weighted by molar-refractivity contribution is 6.06. The van der Waals surface area contributed by atoms with Crippen LogP contribution in [-0.4, -0.2) is 15.0 Å². The van der Waals surface area contributed by atoms with E-state index in [1.165, 1.54) is 44.5 Å². The first-order valence-electron chi connectivity index (χ1n) is 21.7. The molecule has 0 saturated carbocycles. The molecule has 13 rings (SSSR count). The maximum atomic E-state index is 6.60. The number of benzene rings is 8. The topological polar surface area (TPSA) is 65.0 Å². The summed E-state index contributed by atoms with van der Waals surface area (Å²) in [6.07, 6.45) is 3.84. The van der Waals surface area contributed by atoms with Crippen LogP contribution in [0.5, 0.6) is 0 Å². The van der Waals surface area contributed by atoms with Gasteiger partial charge in [0.25, 0.3) is 0 Å². The minimum atomic E-state index is -0.390. The van der Waals surface area contributed by atoms with Gasteiger partial charge in [0.2, 0.25) is 0 Å². The van der Waals surface area contributed by atoms with Crippen LogP contribution in [0.25, 0.3) is 101 Å². The standard InChI is InChI=1S/C59H37N3O2/c1-3-39(58-61-56(35-16-6-5-7-17-35)60-57(62-58)38-28-31-53-45(34-38)43-21-11-15-25-52(43)64-53)55-46-33-37(27-30-54(46)63-51(55)4-2)36-26-29-50-44(32-36)42-20-10-14-24-49(42)59(50)47-22-12-8-18-40(47)41-19-9-13-23-48(41)59/h3-34H,1H2,2H3/b51-4+,55-39+. The normalized spacial score (nSPS) is 13.9. The highest BCUT2D eigenvalue weighted by Gasteiger charge is 2.51.